The number of hydrogen-bond acceptors (Lipinski definition) is 13. The SMILES string of the molecule is C=C1/C(=C\C=C2/CCC[C@@]3(C)C2CCC3[C@@H](C)/C=C/C(O)C2CC2)C[C@@H](OC(=O)CCC/C(C)=N/NC(=O)CCC(=O)OCC2OC(n3ccc(N)nc3=O)C(C)(F)C2O)C[C@@H]1O. The molecule has 7 unspecified atom stereocenters. The van der Waals surface area contributed by atoms with Crippen LogP contribution in [-0.4, -0.2) is 91.2 Å². The third kappa shape index (κ3) is 11.8. The lowest BCUT2D eigenvalue weighted by atomic mass is 9.61. The van der Waals surface area contributed by atoms with Crippen LogP contribution in [-0.2, 0) is 28.6 Å². The summed E-state index contributed by atoms with van der Waals surface area (Å²) in [6.45, 7) is 11.1. The summed E-state index contributed by atoms with van der Waals surface area (Å²) >= 11 is 0. The van der Waals surface area contributed by atoms with Gasteiger partial charge in [-0.05, 0) is 118 Å². The second kappa shape index (κ2) is 20.5. The maximum atomic E-state index is 15.4. The number of alkyl halides is 1. The van der Waals surface area contributed by atoms with E-state index in [1.54, 1.807) is 6.92 Å². The van der Waals surface area contributed by atoms with Gasteiger partial charge in [-0.15, -0.1) is 0 Å². The van der Waals surface area contributed by atoms with Crippen molar-refractivity contribution in [3.05, 3.63) is 70.3 Å². The normalized spacial score (nSPS) is 33.4. The lowest BCUT2D eigenvalue weighted by molar-refractivity contribution is -0.151. The van der Waals surface area contributed by atoms with Crippen molar-refractivity contribution in [2.45, 2.75) is 160 Å². The van der Waals surface area contributed by atoms with Crippen molar-refractivity contribution < 1.29 is 48.3 Å². The number of esters is 2. The molecule has 4 aliphatic carbocycles. The molecule has 1 amide bonds. The van der Waals surface area contributed by atoms with E-state index in [2.05, 4.69) is 54.2 Å². The summed E-state index contributed by atoms with van der Waals surface area (Å²) in [7, 11) is 0. The van der Waals surface area contributed by atoms with Crippen molar-refractivity contribution in [1.82, 2.24) is 15.0 Å². The Morgan fingerprint density at radius 3 is 2.62 bits per heavy atom. The van der Waals surface area contributed by atoms with Crippen LogP contribution in [0.25, 0.3) is 0 Å². The number of nitrogens with two attached hydrogens (primary N) is 1. The van der Waals surface area contributed by atoms with Gasteiger partial charge in [-0.3, -0.25) is 19.0 Å². The number of ether oxygens (including phenoxy) is 3. The number of hydrogen-bond donors (Lipinski definition) is 5. The van der Waals surface area contributed by atoms with Gasteiger partial charge in [0.2, 0.25) is 5.91 Å². The van der Waals surface area contributed by atoms with E-state index in [-0.39, 0.29) is 49.0 Å². The van der Waals surface area contributed by atoms with Crippen LogP contribution in [0, 0.1) is 29.1 Å². The molecule has 5 fully saturated rings. The smallest absolute Gasteiger partial charge is 0.351 e. The van der Waals surface area contributed by atoms with Crippen molar-refractivity contribution in [2.75, 3.05) is 12.3 Å². The highest BCUT2D eigenvalue weighted by Gasteiger charge is 2.56. The van der Waals surface area contributed by atoms with E-state index in [1.807, 2.05) is 6.08 Å². The van der Waals surface area contributed by atoms with Gasteiger partial charge in [0.15, 0.2) is 11.9 Å². The third-order valence-corrected chi connectivity index (χ3v) is 14.0. The number of aromatic nitrogens is 2. The molecule has 2 heterocycles. The zero-order valence-electron chi connectivity index (χ0n) is 37.0. The van der Waals surface area contributed by atoms with Crippen molar-refractivity contribution >= 4 is 29.4 Å². The third-order valence-electron chi connectivity index (χ3n) is 14.0. The number of anilines is 1. The molecule has 1 saturated heterocycles. The first-order valence-electron chi connectivity index (χ1n) is 22.5. The maximum Gasteiger partial charge on any atom is 0.351 e. The Hall–Kier alpha value is -4.51. The maximum absolute atomic E-state index is 15.4. The highest BCUT2D eigenvalue weighted by atomic mass is 19.1. The van der Waals surface area contributed by atoms with Crippen molar-refractivity contribution in [3.63, 3.8) is 0 Å². The van der Waals surface area contributed by atoms with Gasteiger partial charge in [-0.2, -0.15) is 10.1 Å². The number of nitrogens with one attached hydrogen (secondary N) is 1. The molecular weight excluding hydrogens is 814 g/mol. The molecule has 4 saturated carbocycles. The van der Waals surface area contributed by atoms with E-state index in [1.165, 1.54) is 24.3 Å². The van der Waals surface area contributed by atoms with Gasteiger partial charge in [0, 0.05) is 37.6 Å². The van der Waals surface area contributed by atoms with Crippen LogP contribution in [0.3, 0.4) is 0 Å². The fraction of sp³-hybridized carbons (Fsp3) is 0.660. The fourth-order valence-electron chi connectivity index (χ4n) is 10.1. The Bertz CT molecular complexity index is 2040. The number of hydrazone groups is 1. The van der Waals surface area contributed by atoms with Crippen LogP contribution in [0.15, 0.2) is 69.8 Å². The van der Waals surface area contributed by atoms with Gasteiger partial charge in [0.25, 0.3) is 0 Å². The van der Waals surface area contributed by atoms with Gasteiger partial charge in [-0.25, -0.2) is 14.6 Å². The highest BCUT2D eigenvalue weighted by molar-refractivity contribution is 5.85. The van der Waals surface area contributed by atoms with Gasteiger partial charge in [0.05, 0.1) is 18.6 Å². The highest BCUT2D eigenvalue weighted by Crippen LogP contribution is 2.59. The number of aliphatic hydroxyl groups excluding tert-OH is 3. The Kier molecular flexibility index (Phi) is 15.6. The summed E-state index contributed by atoms with van der Waals surface area (Å²) in [4.78, 5) is 53.4. The minimum absolute atomic E-state index is 0.0650. The van der Waals surface area contributed by atoms with E-state index in [9.17, 15) is 34.5 Å². The minimum atomic E-state index is -2.42. The molecule has 1 aromatic rings. The first kappa shape index (κ1) is 48.0. The predicted molar refractivity (Wildman–Crippen MR) is 233 cm³/mol. The monoisotopic (exact) mass is 879 g/mol. The van der Waals surface area contributed by atoms with E-state index < -0.39 is 60.5 Å². The molecule has 16 heteroatoms. The summed E-state index contributed by atoms with van der Waals surface area (Å²) < 4.78 is 32.7. The Morgan fingerprint density at radius 1 is 1.13 bits per heavy atom. The van der Waals surface area contributed by atoms with Crippen molar-refractivity contribution in [1.29, 1.82) is 0 Å². The molecule has 346 valence electrons. The second-order valence-corrected chi connectivity index (χ2v) is 18.8. The molecule has 63 heavy (non-hydrogen) atoms. The number of nitrogen functional groups attached to an aromatic ring is 1. The largest absolute Gasteiger partial charge is 0.463 e. The predicted octanol–water partition coefficient (Wildman–Crippen LogP) is 5.45. The zero-order valence-corrected chi connectivity index (χ0v) is 37.0. The number of halogens is 1. The molecule has 0 spiro atoms. The van der Waals surface area contributed by atoms with E-state index in [0.29, 0.717) is 54.2 Å². The molecule has 15 nitrogen and oxygen atoms in total. The lowest BCUT2D eigenvalue weighted by Crippen LogP contribution is -2.43. The van der Waals surface area contributed by atoms with Crippen LogP contribution in [0.5, 0.6) is 0 Å². The Morgan fingerprint density at radius 2 is 1.89 bits per heavy atom. The number of allylic oxidation sites excluding steroid dienone is 4. The molecule has 11 atom stereocenters. The number of nitrogens with zero attached hydrogens (tertiary/aromatic N) is 3. The molecule has 0 bridgehead atoms. The van der Waals surface area contributed by atoms with E-state index in [4.69, 9.17) is 19.9 Å². The van der Waals surface area contributed by atoms with Gasteiger partial charge in [-0.1, -0.05) is 50.3 Å². The van der Waals surface area contributed by atoms with E-state index >= 15 is 4.39 Å². The number of rotatable bonds is 17. The first-order valence-corrected chi connectivity index (χ1v) is 22.5. The number of amides is 1. The Balaban J connectivity index is 0.896. The van der Waals surface area contributed by atoms with Crippen LogP contribution in [0.4, 0.5) is 10.2 Å². The fourth-order valence-corrected chi connectivity index (χ4v) is 10.1. The summed E-state index contributed by atoms with van der Waals surface area (Å²) in [5.41, 5.74) is 8.33. The molecule has 1 aromatic heterocycles. The minimum Gasteiger partial charge on any atom is -0.463 e. The average molecular weight is 880 g/mol. The summed E-state index contributed by atoms with van der Waals surface area (Å²) in [5, 5.41) is 35.8. The molecular formula is C47H66FN5O10. The van der Waals surface area contributed by atoms with E-state index in [0.717, 1.165) is 55.6 Å². The molecule has 6 N–H and O–H groups in total. The Labute approximate surface area is 368 Å². The molecule has 1 aliphatic heterocycles. The standard InChI is InChI=1S/C47H66FN5O10/c1-27(11-18-36(54)31-13-14-31)34-16-17-35-30(9-7-22-46(34,35)4)12-15-32-24-33(25-37(55)29(32)3)62-42(58)10-6-8-28(2)51-52-40(56)19-20-41(57)61-26-38-43(59)47(5,48)44(63-38)53-23-21-39(49)50-45(53)60/h11-12,15,18,21,23,27,31,33-38,43-44,54-55,59H,3,6-10,13-14,16-17,19-20,22,24-26H2,1-2,4-5H3,(H,52,56)(H2,49,50,60)/b18-11+,30-12+,32-15-,51-28+/t27-,33+,34?,35?,36?,37-,38?,43?,44?,46+,47?/m0/s1. The van der Waals surface area contributed by atoms with Gasteiger partial charge < -0.3 is 35.3 Å². The van der Waals surface area contributed by atoms with Crippen LogP contribution >= 0.6 is 0 Å². The lowest BCUT2D eigenvalue weighted by Gasteiger charge is -2.44. The topological polar surface area (TPSA) is 225 Å². The van der Waals surface area contributed by atoms with Crippen LogP contribution in [0.1, 0.15) is 124 Å². The summed E-state index contributed by atoms with van der Waals surface area (Å²) in [6, 6.07) is 1.28. The van der Waals surface area contributed by atoms with Gasteiger partial charge >= 0.3 is 17.6 Å². The first-order chi connectivity index (χ1) is 29.9. The number of carbonyl (C=O) groups excluding carboxylic acids is 3. The van der Waals surface area contributed by atoms with Crippen LogP contribution < -0.4 is 16.8 Å². The number of carbonyl (C=O) groups is 3. The average Bonchev–Trinajstić information content (AvgIpc) is 3.99. The molecule has 5 aliphatic rings. The quantitative estimate of drug-likeness (QED) is 0.0570. The number of fused-ring (bicyclic) bond motifs is 1. The molecule has 6 rings (SSSR count). The summed E-state index contributed by atoms with van der Waals surface area (Å²) in [5.74, 6) is 0.0763. The van der Waals surface area contributed by atoms with Crippen molar-refractivity contribution in [3.8, 4) is 0 Å². The van der Waals surface area contributed by atoms with Crippen LogP contribution in [0.2, 0.25) is 0 Å². The zero-order chi connectivity index (χ0) is 45.6. The van der Waals surface area contributed by atoms with Gasteiger partial charge in [0.1, 0.15) is 30.7 Å². The number of aliphatic hydroxyl groups is 3. The second-order valence-electron chi connectivity index (χ2n) is 18.8. The molecule has 0 aromatic carbocycles. The molecule has 0 radical (unpaired) electrons. The summed E-state index contributed by atoms with van der Waals surface area (Å²) in [6.07, 6.45) is 12.6. The van der Waals surface area contributed by atoms with Crippen molar-refractivity contribution in [2.24, 2.45) is 34.2 Å².